The van der Waals surface area contributed by atoms with Gasteiger partial charge in [-0.05, 0) is 18.2 Å². The van der Waals surface area contributed by atoms with Gasteiger partial charge >= 0.3 is 0 Å². The van der Waals surface area contributed by atoms with Gasteiger partial charge in [-0.2, -0.15) is 0 Å². The van der Waals surface area contributed by atoms with Crippen molar-refractivity contribution in [3.8, 4) is 22.6 Å². The van der Waals surface area contributed by atoms with E-state index in [0.29, 0.717) is 0 Å². The van der Waals surface area contributed by atoms with Gasteiger partial charge in [-0.3, -0.25) is 4.98 Å². The number of hydrogen-bond acceptors (Lipinski definition) is 3. The van der Waals surface area contributed by atoms with Gasteiger partial charge in [-0.25, -0.2) is 0 Å². The van der Waals surface area contributed by atoms with Gasteiger partial charge in [0.1, 0.15) is 0 Å². The Morgan fingerprint density at radius 1 is 0.900 bits per heavy atom. The molecule has 1 aromatic heterocycles. The van der Waals surface area contributed by atoms with Gasteiger partial charge in [-0.1, -0.05) is 30.3 Å². The van der Waals surface area contributed by atoms with Crippen molar-refractivity contribution in [2.75, 3.05) is 14.2 Å². The Morgan fingerprint density at radius 2 is 1.75 bits per heavy atom. The second kappa shape index (κ2) is 5.21. The SMILES string of the molecule is COc1cccc(-c2cnc3ccccc3c2)c1OC. The first-order valence-corrected chi connectivity index (χ1v) is 6.39. The maximum atomic E-state index is 5.48. The molecule has 0 amide bonds. The Morgan fingerprint density at radius 3 is 2.55 bits per heavy atom. The van der Waals surface area contributed by atoms with E-state index in [1.807, 2.05) is 42.6 Å². The fourth-order valence-corrected chi connectivity index (χ4v) is 2.33. The zero-order chi connectivity index (χ0) is 13.9. The molecule has 0 aliphatic rings. The summed E-state index contributed by atoms with van der Waals surface area (Å²) < 4.78 is 10.8. The van der Waals surface area contributed by atoms with Crippen LogP contribution < -0.4 is 9.47 Å². The van der Waals surface area contributed by atoms with Crippen LogP contribution in [0.1, 0.15) is 0 Å². The smallest absolute Gasteiger partial charge is 0.168 e. The fraction of sp³-hybridized carbons (Fsp3) is 0.118. The van der Waals surface area contributed by atoms with E-state index in [1.54, 1.807) is 14.2 Å². The van der Waals surface area contributed by atoms with Crippen molar-refractivity contribution >= 4 is 10.9 Å². The van der Waals surface area contributed by atoms with Crippen molar-refractivity contribution < 1.29 is 9.47 Å². The van der Waals surface area contributed by atoms with Crippen LogP contribution in [-0.2, 0) is 0 Å². The average Bonchev–Trinajstić information content (AvgIpc) is 2.53. The summed E-state index contributed by atoms with van der Waals surface area (Å²) >= 11 is 0. The molecule has 3 aromatic rings. The zero-order valence-corrected chi connectivity index (χ0v) is 11.5. The van der Waals surface area contributed by atoms with Crippen LogP contribution >= 0.6 is 0 Å². The average molecular weight is 265 g/mol. The van der Waals surface area contributed by atoms with Crippen LogP contribution in [-0.4, -0.2) is 19.2 Å². The molecule has 2 aromatic carbocycles. The molecule has 3 nitrogen and oxygen atoms in total. The van der Waals surface area contributed by atoms with Crippen LogP contribution in [0.25, 0.3) is 22.0 Å². The number of fused-ring (bicyclic) bond motifs is 1. The standard InChI is InChI=1S/C17H15NO2/c1-19-16-9-5-7-14(17(16)20-2)13-10-12-6-3-4-8-15(12)18-11-13/h3-11H,1-2H3. The largest absolute Gasteiger partial charge is 0.493 e. The van der Waals surface area contributed by atoms with Crippen molar-refractivity contribution in [2.24, 2.45) is 0 Å². The molecule has 0 saturated heterocycles. The molecule has 3 heteroatoms. The van der Waals surface area contributed by atoms with Gasteiger partial charge in [0.2, 0.25) is 0 Å². The highest BCUT2D eigenvalue weighted by atomic mass is 16.5. The maximum absolute atomic E-state index is 5.48. The molecule has 20 heavy (non-hydrogen) atoms. The second-order valence-electron chi connectivity index (χ2n) is 4.46. The number of rotatable bonds is 3. The van der Waals surface area contributed by atoms with E-state index in [2.05, 4.69) is 17.1 Å². The minimum Gasteiger partial charge on any atom is -0.493 e. The lowest BCUT2D eigenvalue weighted by Gasteiger charge is -2.12. The Balaban J connectivity index is 2.20. The maximum Gasteiger partial charge on any atom is 0.168 e. The van der Waals surface area contributed by atoms with E-state index >= 15 is 0 Å². The van der Waals surface area contributed by atoms with Crippen LogP contribution in [0.3, 0.4) is 0 Å². The summed E-state index contributed by atoms with van der Waals surface area (Å²) in [6.07, 6.45) is 1.86. The highest BCUT2D eigenvalue weighted by Gasteiger charge is 2.11. The number of ether oxygens (including phenoxy) is 2. The molecule has 0 aliphatic heterocycles. The lowest BCUT2D eigenvalue weighted by atomic mass is 10.0. The summed E-state index contributed by atoms with van der Waals surface area (Å²) in [4.78, 5) is 4.49. The molecule has 0 saturated carbocycles. The number of benzene rings is 2. The lowest BCUT2D eigenvalue weighted by Crippen LogP contribution is -1.93. The van der Waals surface area contributed by atoms with Gasteiger partial charge in [0.25, 0.3) is 0 Å². The molecule has 0 bridgehead atoms. The third kappa shape index (κ3) is 2.07. The summed E-state index contributed by atoms with van der Waals surface area (Å²) in [5.41, 5.74) is 2.97. The molecular weight excluding hydrogens is 250 g/mol. The Kier molecular flexibility index (Phi) is 3.25. The molecule has 1 heterocycles. The number of aromatic nitrogens is 1. The van der Waals surface area contributed by atoms with Gasteiger partial charge in [0, 0.05) is 22.7 Å². The molecular formula is C17H15NO2. The van der Waals surface area contributed by atoms with Crippen LogP contribution in [0.5, 0.6) is 11.5 Å². The van der Waals surface area contributed by atoms with Crippen molar-refractivity contribution in [1.82, 2.24) is 4.98 Å². The van der Waals surface area contributed by atoms with E-state index in [-0.39, 0.29) is 0 Å². The van der Waals surface area contributed by atoms with E-state index in [4.69, 9.17) is 9.47 Å². The van der Waals surface area contributed by atoms with Gasteiger partial charge in [-0.15, -0.1) is 0 Å². The van der Waals surface area contributed by atoms with Crippen molar-refractivity contribution in [1.29, 1.82) is 0 Å². The quantitative estimate of drug-likeness (QED) is 0.719. The van der Waals surface area contributed by atoms with Crippen LogP contribution in [0.4, 0.5) is 0 Å². The molecule has 0 N–H and O–H groups in total. The molecule has 0 aliphatic carbocycles. The van der Waals surface area contributed by atoms with E-state index in [9.17, 15) is 0 Å². The number of para-hydroxylation sites is 2. The number of methoxy groups -OCH3 is 2. The summed E-state index contributed by atoms with van der Waals surface area (Å²) in [6.45, 7) is 0. The van der Waals surface area contributed by atoms with Gasteiger partial charge in [0.15, 0.2) is 11.5 Å². The lowest BCUT2D eigenvalue weighted by molar-refractivity contribution is 0.356. The summed E-state index contributed by atoms with van der Waals surface area (Å²) in [7, 11) is 3.29. The van der Waals surface area contributed by atoms with Crippen molar-refractivity contribution in [3.05, 3.63) is 54.7 Å². The Labute approximate surface area is 117 Å². The molecule has 0 unspecified atom stereocenters. The molecule has 0 fully saturated rings. The second-order valence-corrected chi connectivity index (χ2v) is 4.46. The first-order valence-electron chi connectivity index (χ1n) is 6.39. The summed E-state index contributed by atoms with van der Waals surface area (Å²) in [6, 6.07) is 16.0. The monoisotopic (exact) mass is 265 g/mol. The predicted octanol–water partition coefficient (Wildman–Crippen LogP) is 3.92. The molecule has 100 valence electrons. The summed E-state index contributed by atoms with van der Waals surface area (Å²) in [5, 5.41) is 1.11. The van der Waals surface area contributed by atoms with Gasteiger partial charge in [0.05, 0.1) is 19.7 Å². The first-order chi connectivity index (χ1) is 9.83. The fourth-order valence-electron chi connectivity index (χ4n) is 2.33. The molecule has 0 spiro atoms. The number of hydrogen-bond donors (Lipinski definition) is 0. The number of nitrogens with zero attached hydrogens (tertiary/aromatic N) is 1. The number of pyridine rings is 1. The topological polar surface area (TPSA) is 31.4 Å². The zero-order valence-electron chi connectivity index (χ0n) is 11.5. The minimum atomic E-state index is 0.721. The van der Waals surface area contributed by atoms with Crippen LogP contribution in [0.15, 0.2) is 54.7 Å². The highest BCUT2D eigenvalue weighted by molar-refractivity contribution is 5.85. The Bertz CT molecular complexity index is 753. The van der Waals surface area contributed by atoms with Crippen molar-refractivity contribution in [2.45, 2.75) is 0 Å². The van der Waals surface area contributed by atoms with Crippen LogP contribution in [0.2, 0.25) is 0 Å². The highest BCUT2D eigenvalue weighted by Crippen LogP contribution is 2.38. The third-order valence-electron chi connectivity index (χ3n) is 3.30. The molecule has 0 radical (unpaired) electrons. The normalized spacial score (nSPS) is 10.5. The van der Waals surface area contributed by atoms with Crippen LogP contribution in [0, 0.1) is 0 Å². The first kappa shape index (κ1) is 12.5. The van der Waals surface area contributed by atoms with Gasteiger partial charge < -0.3 is 9.47 Å². The molecule has 3 rings (SSSR count). The third-order valence-corrected chi connectivity index (χ3v) is 3.30. The molecule has 0 atom stereocenters. The van der Waals surface area contributed by atoms with E-state index in [0.717, 1.165) is 33.5 Å². The minimum absolute atomic E-state index is 0.721. The summed E-state index contributed by atoms with van der Waals surface area (Å²) in [5.74, 6) is 1.45. The Hall–Kier alpha value is -2.55. The van der Waals surface area contributed by atoms with E-state index in [1.165, 1.54) is 0 Å². The van der Waals surface area contributed by atoms with Crippen molar-refractivity contribution in [3.63, 3.8) is 0 Å². The predicted molar refractivity (Wildman–Crippen MR) is 80.3 cm³/mol. The van der Waals surface area contributed by atoms with E-state index < -0.39 is 0 Å².